The maximum absolute atomic E-state index is 12.7. The van der Waals surface area contributed by atoms with E-state index >= 15 is 0 Å². The lowest BCUT2D eigenvalue weighted by molar-refractivity contribution is -0.115. The number of anilines is 1. The molecule has 0 radical (unpaired) electrons. The van der Waals surface area contributed by atoms with Gasteiger partial charge >= 0.3 is 0 Å². The first-order valence-electron chi connectivity index (χ1n) is 12.3. The van der Waals surface area contributed by atoms with Gasteiger partial charge in [-0.3, -0.25) is 14.6 Å². The van der Waals surface area contributed by atoms with Crippen LogP contribution in [-0.4, -0.2) is 33.6 Å². The highest BCUT2D eigenvalue weighted by atomic mass is 35.5. The van der Waals surface area contributed by atoms with Gasteiger partial charge in [0.15, 0.2) is 0 Å². The lowest BCUT2D eigenvalue weighted by atomic mass is 10.1. The van der Waals surface area contributed by atoms with Gasteiger partial charge in [-0.25, -0.2) is 4.68 Å². The summed E-state index contributed by atoms with van der Waals surface area (Å²) in [4.78, 5) is 29.2. The van der Waals surface area contributed by atoms with Gasteiger partial charge in [-0.15, -0.1) is 0 Å². The predicted octanol–water partition coefficient (Wildman–Crippen LogP) is 6.39. The number of benzene rings is 2. The number of ether oxygens (including phenoxy) is 1. The number of aryl methyl sites for hydroxylation is 1. The lowest BCUT2D eigenvalue weighted by Crippen LogP contribution is -2.17. The van der Waals surface area contributed by atoms with Gasteiger partial charge in [0.2, 0.25) is 5.91 Å². The average molecular weight is 532 g/mol. The van der Waals surface area contributed by atoms with Crippen LogP contribution in [0.25, 0.3) is 16.6 Å². The molecule has 0 aliphatic carbocycles. The van der Waals surface area contributed by atoms with Crippen molar-refractivity contribution in [2.75, 3.05) is 12.4 Å². The number of aromatic nitrogens is 3. The fourth-order valence-corrected chi connectivity index (χ4v) is 4.64. The number of nitrogens with zero attached hydrogens (tertiary/aromatic N) is 3. The zero-order valence-electron chi connectivity index (χ0n) is 22.1. The van der Waals surface area contributed by atoms with E-state index in [4.69, 9.17) is 16.3 Å². The van der Waals surface area contributed by atoms with Crippen molar-refractivity contribution in [2.24, 2.45) is 0 Å². The molecule has 4 rings (SSSR count). The molecule has 9 heteroatoms. The molecular weight excluding hydrogens is 502 g/mol. The highest BCUT2D eigenvalue weighted by molar-refractivity contribution is 6.32. The number of fused-ring (bicyclic) bond motifs is 1. The van der Waals surface area contributed by atoms with Crippen molar-refractivity contribution in [2.45, 2.75) is 40.5 Å². The quantitative estimate of drug-likeness (QED) is 0.274. The SMILES string of the molecule is CCC(=C(C)C)n1cc(NC(=O)Cc2cc(C)c(Oc3ccnc4ccc(C(=O)NC)cc34)c(Cl)c2)cn1. The standard InChI is InChI=1S/C29H30ClN5O3/c1-6-25(17(2)3)35-16-21(15-33-35)34-27(36)13-19-11-18(4)28(23(30)12-19)38-26-9-10-32-24-8-7-20(14-22(24)26)29(37)31-5/h7-12,14-16H,6,13H2,1-5H3,(H,31,37)(H,34,36). The second-order valence-corrected chi connectivity index (χ2v) is 9.55. The second-order valence-electron chi connectivity index (χ2n) is 9.14. The molecule has 0 atom stereocenters. The number of nitrogens with one attached hydrogen (secondary N) is 2. The number of amides is 2. The van der Waals surface area contributed by atoms with Gasteiger partial charge in [0, 0.05) is 29.9 Å². The van der Waals surface area contributed by atoms with E-state index in [0.717, 1.165) is 23.2 Å². The van der Waals surface area contributed by atoms with Crippen LogP contribution in [-0.2, 0) is 11.2 Å². The van der Waals surface area contributed by atoms with Crippen molar-refractivity contribution >= 4 is 45.7 Å². The second kappa shape index (κ2) is 11.5. The molecule has 2 N–H and O–H groups in total. The van der Waals surface area contributed by atoms with Crippen LogP contribution >= 0.6 is 11.6 Å². The Morgan fingerprint density at radius 2 is 1.92 bits per heavy atom. The summed E-state index contributed by atoms with van der Waals surface area (Å²) < 4.78 is 8.00. The Balaban J connectivity index is 1.52. The molecule has 0 saturated heterocycles. The molecule has 0 spiro atoms. The smallest absolute Gasteiger partial charge is 0.251 e. The molecule has 2 aromatic carbocycles. The molecular formula is C29H30ClN5O3. The Hall–Kier alpha value is -4.17. The minimum atomic E-state index is -0.200. The summed E-state index contributed by atoms with van der Waals surface area (Å²) in [6.07, 6.45) is 6.08. The number of carbonyl (C=O) groups excluding carboxylic acids is 2. The molecule has 2 heterocycles. The van der Waals surface area contributed by atoms with Crippen molar-refractivity contribution in [3.63, 3.8) is 0 Å². The van der Waals surface area contributed by atoms with Crippen LogP contribution in [0.4, 0.5) is 5.69 Å². The molecule has 0 bridgehead atoms. The van der Waals surface area contributed by atoms with E-state index in [0.29, 0.717) is 38.7 Å². The first kappa shape index (κ1) is 26.9. The Morgan fingerprint density at radius 1 is 1.13 bits per heavy atom. The largest absolute Gasteiger partial charge is 0.455 e. The van der Waals surface area contributed by atoms with Crippen LogP contribution in [0.2, 0.25) is 5.02 Å². The topological polar surface area (TPSA) is 98.1 Å². The number of hydrogen-bond acceptors (Lipinski definition) is 5. The Labute approximate surface area is 226 Å². The van der Waals surface area contributed by atoms with Crippen molar-refractivity contribution in [3.05, 3.63) is 82.3 Å². The third-order valence-corrected chi connectivity index (χ3v) is 6.39. The lowest BCUT2D eigenvalue weighted by Gasteiger charge is -2.14. The van der Waals surface area contributed by atoms with Crippen LogP contribution in [0, 0.1) is 6.92 Å². The molecule has 2 aromatic heterocycles. The van der Waals surface area contributed by atoms with Crippen LogP contribution in [0.15, 0.2) is 60.6 Å². The first-order chi connectivity index (χ1) is 18.2. The monoisotopic (exact) mass is 531 g/mol. The van der Waals surface area contributed by atoms with Crippen LogP contribution in [0.1, 0.15) is 48.7 Å². The molecule has 0 saturated carbocycles. The van der Waals surface area contributed by atoms with Gasteiger partial charge in [-0.05, 0) is 68.7 Å². The maximum atomic E-state index is 12.7. The number of carbonyl (C=O) groups is 2. The molecule has 0 unspecified atom stereocenters. The number of halogens is 1. The number of rotatable bonds is 8. The summed E-state index contributed by atoms with van der Waals surface area (Å²) in [6, 6.07) is 10.6. The molecule has 2 amide bonds. The van der Waals surface area contributed by atoms with Crippen LogP contribution in [0.3, 0.4) is 0 Å². The summed E-state index contributed by atoms with van der Waals surface area (Å²) in [5.74, 6) is 0.624. The summed E-state index contributed by atoms with van der Waals surface area (Å²) in [5.41, 5.74) is 5.62. The molecule has 0 aliphatic rings. The summed E-state index contributed by atoms with van der Waals surface area (Å²) in [6.45, 7) is 8.02. The highest BCUT2D eigenvalue weighted by Crippen LogP contribution is 2.37. The zero-order chi connectivity index (χ0) is 27.4. The zero-order valence-corrected chi connectivity index (χ0v) is 22.8. The van der Waals surface area contributed by atoms with Crippen molar-refractivity contribution in [1.82, 2.24) is 20.1 Å². The van der Waals surface area contributed by atoms with Crippen molar-refractivity contribution in [1.29, 1.82) is 0 Å². The Morgan fingerprint density at radius 3 is 2.61 bits per heavy atom. The van der Waals surface area contributed by atoms with Gasteiger partial charge in [-0.2, -0.15) is 5.10 Å². The molecule has 38 heavy (non-hydrogen) atoms. The van der Waals surface area contributed by atoms with Gasteiger partial charge in [-0.1, -0.05) is 30.2 Å². The van der Waals surface area contributed by atoms with Crippen molar-refractivity contribution in [3.8, 4) is 11.5 Å². The van der Waals surface area contributed by atoms with E-state index in [-0.39, 0.29) is 18.2 Å². The summed E-state index contributed by atoms with van der Waals surface area (Å²) in [5, 5.41) is 11.0. The Kier molecular flexibility index (Phi) is 8.12. The van der Waals surface area contributed by atoms with Gasteiger partial charge in [0.25, 0.3) is 5.91 Å². The van der Waals surface area contributed by atoms with E-state index in [1.54, 1.807) is 54.5 Å². The molecule has 0 aliphatic heterocycles. The van der Waals surface area contributed by atoms with Crippen LogP contribution < -0.4 is 15.4 Å². The third kappa shape index (κ3) is 5.86. The minimum Gasteiger partial charge on any atom is -0.455 e. The minimum absolute atomic E-state index is 0.142. The van der Waals surface area contributed by atoms with Crippen LogP contribution in [0.5, 0.6) is 11.5 Å². The maximum Gasteiger partial charge on any atom is 0.251 e. The first-order valence-corrected chi connectivity index (χ1v) is 12.7. The Bertz CT molecular complexity index is 1530. The van der Waals surface area contributed by atoms with E-state index in [2.05, 4.69) is 27.6 Å². The normalized spacial score (nSPS) is 10.8. The van der Waals surface area contributed by atoms with Gasteiger partial charge in [0.1, 0.15) is 11.5 Å². The van der Waals surface area contributed by atoms with E-state index < -0.39 is 0 Å². The third-order valence-electron chi connectivity index (χ3n) is 6.11. The molecule has 0 fully saturated rings. The van der Waals surface area contributed by atoms with E-state index in [9.17, 15) is 9.59 Å². The van der Waals surface area contributed by atoms with Gasteiger partial charge < -0.3 is 15.4 Å². The number of hydrogen-bond donors (Lipinski definition) is 2. The molecule has 8 nitrogen and oxygen atoms in total. The molecule has 4 aromatic rings. The fraction of sp³-hybridized carbons (Fsp3) is 0.241. The van der Waals surface area contributed by atoms with E-state index in [1.807, 2.05) is 33.0 Å². The number of allylic oxidation sites excluding steroid dienone is 2. The predicted molar refractivity (Wildman–Crippen MR) is 151 cm³/mol. The van der Waals surface area contributed by atoms with E-state index in [1.165, 1.54) is 5.57 Å². The fourth-order valence-electron chi connectivity index (χ4n) is 4.31. The average Bonchev–Trinajstić information content (AvgIpc) is 3.33. The summed E-state index contributed by atoms with van der Waals surface area (Å²) in [7, 11) is 1.58. The van der Waals surface area contributed by atoms with Crippen molar-refractivity contribution < 1.29 is 14.3 Å². The highest BCUT2D eigenvalue weighted by Gasteiger charge is 2.15. The molecule has 196 valence electrons. The number of pyridine rings is 1. The summed E-state index contributed by atoms with van der Waals surface area (Å²) >= 11 is 6.61. The van der Waals surface area contributed by atoms with Gasteiger partial charge in [0.05, 0.1) is 35.0 Å².